The van der Waals surface area contributed by atoms with Crippen LogP contribution in [-0.2, 0) is 17.6 Å². The van der Waals surface area contributed by atoms with Crippen LogP contribution in [0, 0.1) is 11.3 Å². The monoisotopic (exact) mass is 360 g/mol. The number of nitriles is 1. The largest absolute Gasteiger partial charge is 0.482 e. The van der Waals surface area contributed by atoms with Crippen LogP contribution in [-0.4, -0.2) is 12.5 Å². The number of benzene rings is 1. The van der Waals surface area contributed by atoms with Gasteiger partial charge in [0.05, 0.1) is 10.6 Å². The molecular formula is C18H17ClN2O2S. The summed E-state index contributed by atoms with van der Waals surface area (Å²) in [6.45, 7) is -0.142. The van der Waals surface area contributed by atoms with Crippen LogP contribution < -0.4 is 10.1 Å². The number of rotatable bonds is 4. The molecule has 3 rings (SSSR count). The number of halogens is 1. The van der Waals surface area contributed by atoms with Crippen molar-refractivity contribution in [3.63, 3.8) is 0 Å². The van der Waals surface area contributed by atoms with Crippen molar-refractivity contribution in [1.82, 2.24) is 0 Å². The van der Waals surface area contributed by atoms with Crippen LogP contribution in [0.4, 0.5) is 5.00 Å². The summed E-state index contributed by atoms with van der Waals surface area (Å²) in [5, 5.41) is 13.4. The Balaban J connectivity index is 1.69. The fraction of sp³-hybridized carbons (Fsp3) is 0.333. The molecule has 1 amide bonds. The van der Waals surface area contributed by atoms with Crippen LogP contribution in [0.3, 0.4) is 0 Å². The van der Waals surface area contributed by atoms with Gasteiger partial charge < -0.3 is 10.1 Å². The molecular weight excluding hydrogens is 344 g/mol. The molecule has 4 nitrogen and oxygen atoms in total. The van der Waals surface area contributed by atoms with E-state index in [4.69, 9.17) is 16.3 Å². The molecule has 1 aliphatic rings. The van der Waals surface area contributed by atoms with Gasteiger partial charge in [-0.2, -0.15) is 5.26 Å². The molecule has 0 radical (unpaired) electrons. The lowest BCUT2D eigenvalue weighted by Crippen LogP contribution is -2.20. The van der Waals surface area contributed by atoms with Gasteiger partial charge in [0.15, 0.2) is 6.61 Å². The van der Waals surface area contributed by atoms with Crippen LogP contribution in [0.2, 0.25) is 5.02 Å². The van der Waals surface area contributed by atoms with Crippen LogP contribution in [0.25, 0.3) is 0 Å². The van der Waals surface area contributed by atoms with E-state index < -0.39 is 0 Å². The van der Waals surface area contributed by atoms with E-state index in [1.165, 1.54) is 22.6 Å². The lowest BCUT2D eigenvalue weighted by Gasteiger charge is -2.08. The second kappa shape index (κ2) is 7.69. The average Bonchev–Trinajstić information content (AvgIpc) is 2.74. The number of thiophene rings is 1. The lowest BCUT2D eigenvalue weighted by molar-refractivity contribution is -0.118. The molecule has 0 unspecified atom stereocenters. The van der Waals surface area contributed by atoms with Gasteiger partial charge in [-0.15, -0.1) is 11.3 Å². The van der Waals surface area contributed by atoms with E-state index in [0.717, 1.165) is 31.2 Å². The third-order valence-corrected chi connectivity index (χ3v) is 5.50. The Morgan fingerprint density at radius 1 is 1.29 bits per heavy atom. The Morgan fingerprint density at radius 2 is 2.08 bits per heavy atom. The topological polar surface area (TPSA) is 62.1 Å². The number of carbonyl (C=O) groups excluding carboxylic acids is 1. The number of hydrogen-bond acceptors (Lipinski definition) is 4. The maximum absolute atomic E-state index is 12.2. The van der Waals surface area contributed by atoms with Crippen molar-refractivity contribution >= 4 is 33.8 Å². The Kier molecular flexibility index (Phi) is 5.39. The number of ether oxygens (including phenoxy) is 1. The van der Waals surface area contributed by atoms with Gasteiger partial charge in [-0.1, -0.05) is 30.2 Å². The summed E-state index contributed by atoms with van der Waals surface area (Å²) in [5.74, 6) is 0.180. The number of hydrogen-bond donors (Lipinski definition) is 1. The van der Waals surface area contributed by atoms with Crippen molar-refractivity contribution in [2.75, 3.05) is 11.9 Å². The number of nitrogens with one attached hydrogen (secondary N) is 1. The molecule has 0 atom stereocenters. The van der Waals surface area contributed by atoms with Gasteiger partial charge in [-0.25, -0.2) is 0 Å². The Morgan fingerprint density at radius 3 is 2.88 bits per heavy atom. The molecule has 1 N–H and O–H groups in total. The van der Waals surface area contributed by atoms with Gasteiger partial charge in [0.1, 0.15) is 16.8 Å². The average molecular weight is 361 g/mol. The highest BCUT2D eigenvalue weighted by atomic mass is 35.5. The molecule has 24 heavy (non-hydrogen) atoms. The van der Waals surface area contributed by atoms with Crippen molar-refractivity contribution in [2.24, 2.45) is 0 Å². The van der Waals surface area contributed by atoms with Crippen molar-refractivity contribution < 1.29 is 9.53 Å². The number of para-hydroxylation sites is 1. The molecule has 0 aliphatic heterocycles. The Bertz CT molecular complexity index is 795. The summed E-state index contributed by atoms with van der Waals surface area (Å²) in [5.41, 5.74) is 1.73. The highest BCUT2D eigenvalue weighted by molar-refractivity contribution is 7.16. The van der Waals surface area contributed by atoms with E-state index in [2.05, 4.69) is 11.4 Å². The molecule has 1 aliphatic carbocycles. The first-order chi connectivity index (χ1) is 11.7. The van der Waals surface area contributed by atoms with E-state index in [1.54, 1.807) is 24.3 Å². The summed E-state index contributed by atoms with van der Waals surface area (Å²) in [6, 6.07) is 9.27. The fourth-order valence-electron chi connectivity index (χ4n) is 2.82. The zero-order chi connectivity index (χ0) is 16.9. The summed E-state index contributed by atoms with van der Waals surface area (Å²) in [7, 11) is 0. The van der Waals surface area contributed by atoms with Gasteiger partial charge in [-0.3, -0.25) is 4.79 Å². The highest BCUT2D eigenvalue weighted by Crippen LogP contribution is 2.37. The van der Waals surface area contributed by atoms with Crippen molar-refractivity contribution in [3.8, 4) is 11.8 Å². The molecule has 6 heteroatoms. The maximum atomic E-state index is 12.2. The van der Waals surface area contributed by atoms with E-state index in [0.29, 0.717) is 21.3 Å². The summed E-state index contributed by atoms with van der Waals surface area (Å²) in [4.78, 5) is 13.4. The maximum Gasteiger partial charge on any atom is 0.262 e. The number of amides is 1. The molecule has 0 saturated carbocycles. The minimum absolute atomic E-state index is 0.142. The van der Waals surface area contributed by atoms with Crippen LogP contribution in [0.1, 0.15) is 35.3 Å². The predicted molar refractivity (Wildman–Crippen MR) is 95.9 cm³/mol. The van der Waals surface area contributed by atoms with Crippen LogP contribution in [0.15, 0.2) is 24.3 Å². The van der Waals surface area contributed by atoms with Gasteiger partial charge in [0.2, 0.25) is 0 Å². The Labute approximate surface area is 150 Å². The zero-order valence-electron chi connectivity index (χ0n) is 13.1. The summed E-state index contributed by atoms with van der Waals surface area (Å²) >= 11 is 7.52. The first-order valence-corrected chi connectivity index (χ1v) is 9.10. The molecule has 0 saturated heterocycles. The van der Waals surface area contributed by atoms with Gasteiger partial charge in [-0.05, 0) is 43.4 Å². The molecule has 0 fully saturated rings. The van der Waals surface area contributed by atoms with Gasteiger partial charge in [0, 0.05) is 4.88 Å². The summed E-state index contributed by atoms with van der Waals surface area (Å²) < 4.78 is 5.44. The summed E-state index contributed by atoms with van der Waals surface area (Å²) in [6.07, 6.45) is 5.34. The van der Waals surface area contributed by atoms with E-state index in [9.17, 15) is 10.1 Å². The number of nitrogens with zero attached hydrogens (tertiary/aromatic N) is 1. The van der Waals surface area contributed by atoms with Crippen molar-refractivity contribution in [1.29, 1.82) is 5.26 Å². The number of carbonyl (C=O) groups is 1. The first kappa shape index (κ1) is 16.8. The Hall–Kier alpha value is -2.03. The number of fused-ring (bicyclic) bond motifs is 1. The highest BCUT2D eigenvalue weighted by Gasteiger charge is 2.21. The van der Waals surface area contributed by atoms with E-state index in [-0.39, 0.29) is 12.5 Å². The number of anilines is 1. The minimum atomic E-state index is -0.289. The predicted octanol–water partition coefficient (Wildman–Crippen LogP) is 4.56. The first-order valence-electron chi connectivity index (χ1n) is 7.91. The molecule has 124 valence electrons. The molecule has 1 heterocycles. The van der Waals surface area contributed by atoms with Crippen molar-refractivity contribution in [2.45, 2.75) is 32.1 Å². The molecule has 1 aromatic carbocycles. The third kappa shape index (κ3) is 3.72. The van der Waals surface area contributed by atoms with E-state index in [1.807, 2.05) is 0 Å². The normalized spacial score (nSPS) is 13.5. The van der Waals surface area contributed by atoms with Gasteiger partial charge in [0.25, 0.3) is 5.91 Å². The SMILES string of the molecule is N#Cc1c(NC(=O)COc2ccccc2Cl)sc2c1CCCCC2. The smallest absolute Gasteiger partial charge is 0.262 e. The standard InChI is InChI=1S/C18H17ClN2O2S/c19-14-7-4-5-8-15(14)23-11-17(22)21-18-13(10-20)12-6-2-1-3-9-16(12)24-18/h4-5,7-8H,1-3,6,9,11H2,(H,21,22). The van der Waals surface area contributed by atoms with Crippen LogP contribution >= 0.6 is 22.9 Å². The van der Waals surface area contributed by atoms with E-state index >= 15 is 0 Å². The lowest BCUT2D eigenvalue weighted by atomic mass is 10.1. The quantitative estimate of drug-likeness (QED) is 0.813. The number of aryl methyl sites for hydroxylation is 1. The van der Waals surface area contributed by atoms with Crippen LogP contribution in [0.5, 0.6) is 5.75 Å². The fourth-order valence-corrected chi connectivity index (χ4v) is 4.26. The molecule has 0 spiro atoms. The second-order valence-corrected chi connectivity index (χ2v) is 7.16. The minimum Gasteiger partial charge on any atom is -0.482 e. The molecule has 0 bridgehead atoms. The second-order valence-electron chi connectivity index (χ2n) is 5.65. The zero-order valence-corrected chi connectivity index (χ0v) is 14.7. The molecule has 1 aromatic heterocycles. The third-order valence-electron chi connectivity index (χ3n) is 3.98. The van der Waals surface area contributed by atoms with Crippen molar-refractivity contribution in [3.05, 3.63) is 45.3 Å². The molecule has 2 aromatic rings. The van der Waals surface area contributed by atoms with Gasteiger partial charge >= 0.3 is 0 Å².